The number of imide groups is 1. The lowest BCUT2D eigenvalue weighted by Crippen LogP contribution is -2.30. The van der Waals surface area contributed by atoms with E-state index < -0.39 is 16.7 Å². The molecule has 0 aliphatic carbocycles. The number of halogens is 1. The molecule has 1 heterocycles. The number of amides is 3. The fourth-order valence-corrected chi connectivity index (χ4v) is 3.63. The summed E-state index contributed by atoms with van der Waals surface area (Å²) in [5.74, 6) is -0.852. The number of anilines is 1. The minimum atomic E-state index is -0.665. The van der Waals surface area contributed by atoms with Crippen LogP contribution in [0.25, 0.3) is 0 Å². The van der Waals surface area contributed by atoms with Crippen LogP contribution in [0.4, 0.5) is 11.4 Å². The molecule has 1 aliphatic heterocycles. The average Bonchev–Trinajstić information content (AvgIpc) is 2.98. The van der Waals surface area contributed by atoms with Gasteiger partial charge >= 0.3 is 0 Å². The first-order chi connectivity index (χ1) is 14.8. The van der Waals surface area contributed by atoms with E-state index in [2.05, 4.69) is 5.32 Å². The Balaban J connectivity index is 1.46. The van der Waals surface area contributed by atoms with Gasteiger partial charge in [-0.1, -0.05) is 24.1 Å². The molecule has 1 N–H and O–H groups in total. The summed E-state index contributed by atoms with van der Waals surface area (Å²) in [4.78, 5) is 48.5. The first kappa shape index (κ1) is 22.2. The van der Waals surface area contributed by atoms with Gasteiger partial charge in [0.25, 0.3) is 17.5 Å². The van der Waals surface area contributed by atoms with Gasteiger partial charge in [-0.15, -0.1) is 0 Å². The van der Waals surface area contributed by atoms with Crippen LogP contribution in [0.1, 0.15) is 46.4 Å². The summed E-state index contributed by atoms with van der Waals surface area (Å²) in [5.41, 5.74) is 0.0869. The number of carbonyl (C=O) groups excluding carboxylic acids is 3. The van der Waals surface area contributed by atoms with Crippen molar-refractivity contribution in [2.24, 2.45) is 0 Å². The molecule has 31 heavy (non-hydrogen) atoms. The standard InChI is InChI=1S/C21H20ClN3O6/c1-31-17-10-9-13(12-15(17)22)23-18(26)8-3-2-4-11-24-20(27)14-6-5-7-16(25(29)30)19(14)21(24)28/h5-7,9-10,12H,2-4,8,11H2,1H3,(H,23,26). The molecule has 2 aromatic rings. The molecule has 0 radical (unpaired) electrons. The van der Waals surface area contributed by atoms with E-state index in [1.807, 2.05) is 0 Å². The number of nitro groups is 1. The first-order valence-corrected chi connectivity index (χ1v) is 9.98. The van der Waals surface area contributed by atoms with Crippen LogP contribution >= 0.6 is 11.6 Å². The molecule has 10 heteroatoms. The number of benzene rings is 2. The summed E-state index contributed by atoms with van der Waals surface area (Å²) in [6.07, 6.45) is 1.91. The van der Waals surface area contributed by atoms with E-state index in [4.69, 9.17) is 16.3 Å². The highest BCUT2D eigenvalue weighted by Crippen LogP contribution is 2.31. The number of fused-ring (bicyclic) bond motifs is 1. The van der Waals surface area contributed by atoms with Crippen molar-refractivity contribution < 1.29 is 24.0 Å². The molecule has 0 aromatic heterocycles. The van der Waals surface area contributed by atoms with Crippen LogP contribution in [0, 0.1) is 10.1 Å². The van der Waals surface area contributed by atoms with Gasteiger partial charge in [0.05, 0.1) is 22.6 Å². The highest BCUT2D eigenvalue weighted by molar-refractivity contribution is 6.32. The molecule has 3 rings (SSSR count). The van der Waals surface area contributed by atoms with Gasteiger partial charge in [0, 0.05) is 24.7 Å². The van der Waals surface area contributed by atoms with Gasteiger partial charge in [0.15, 0.2) is 0 Å². The monoisotopic (exact) mass is 445 g/mol. The summed E-state index contributed by atoms with van der Waals surface area (Å²) in [7, 11) is 1.50. The van der Waals surface area contributed by atoms with Crippen molar-refractivity contribution in [3.63, 3.8) is 0 Å². The maximum Gasteiger partial charge on any atom is 0.282 e. The van der Waals surface area contributed by atoms with Crippen LogP contribution in [0.5, 0.6) is 5.75 Å². The number of ether oxygens (including phenoxy) is 1. The molecule has 0 fully saturated rings. The second-order valence-corrected chi connectivity index (χ2v) is 7.33. The molecule has 9 nitrogen and oxygen atoms in total. The topological polar surface area (TPSA) is 119 Å². The van der Waals surface area contributed by atoms with E-state index in [1.54, 1.807) is 18.2 Å². The Morgan fingerprint density at radius 2 is 1.94 bits per heavy atom. The summed E-state index contributed by atoms with van der Waals surface area (Å²) in [6.45, 7) is 0.138. The average molecular weight is 446 g/mol. The van der Waals surface area contributed by atoms with Gasteiger partial charge < -0.3 is 10.1 Å². The normalized spacial score (nSPS) is 12.6. The third-order valence-corrected chi connectivity index (χ3v) is 5.19. The van der Waals surface area contributed by atoms with Gasteiger partial charge in [0.1, 0.15) is 11.3 Å². The Morgan fingerprint density at radius 3 is 2.61 bits per heavy atom. The second kappa shape index (κ2) is 9.57. The number of rotatable bonds is 9. The van der Waals surface area contributed by atoms with Crippen molar-refractivity contribution in [3.8, 4) is 5.75 Å². The summed E-state index contributed by atoms with van der Waals surface area (Å²) in [6, 6.07) is 8.95. The third-order valence-electron chi connectivity index (χ3n) is 4.89. The predicted octanol–water partition coefficient (Wildman–Crippen LogP) is 4.05. The van der Waals surface area contributed by atoms with Crippen molar-refractivity contribution >= 4 is 40.7 Å². The molecule has 3 amide bonds. The summed E-state index contributed by atoms with van der Waals surface area (Å²) >= 11 is 6.03. The molecule has 0 unspecified atom stereocenters. The smallest absolute Gasteiger partial charge is 0.282 e. The number of hydrogen-bond acceptors (Lipinski definition) is 6. The number of hydrogen-bond donors (Lipinski definition) is 1. The van der Waals surface area contributed by atoms with Gasteiger partial charge in [0.2, 0.25) is 5.91 Å². The van der Waals surface area contributed by atoms with E-state index in [0.717, 1.165) is 4.90 Å². The number of nitrogens with zero attached hydrogens (tertiary/aromatic N) is 2. The van der Waals surface area contributed by atoms with Crippen LogP contribution in [0.2, 0.25) is 5.02 Å². The largest absolute Gasteiger partial charge is 0.495 e. The van der Waals surface area contributed by atoms with E-state index in [9.17, 15) is 24.5 Å². The molecule has 0 bridgehead atoms. The molecule has 162 valence electrons. The number of nitro benzene ring substituents is 1. The van der Waals surface area contributed by atoms with E-state index >= 15 is 0 Å². The van der Waals surface area contributed by atoms with Gasteiger partial charge in [-0.05, 0) is 37.1 Å². The van der Waals surface area contributed by atoms with Gasteiger partial charge in [-0.2, -0.15) is 0 Å². The molecule has 0 spiro atoms. The molecule has 2 aromatic carbocycles. The van der Waals surface area contributed by atoms with Crippen LogP contribution < -0.4 is 10.1 Å². The lowest BCUT2D eigenvalue weighted by Gasteiger charge is -2.13. The summed E-state index contributed by atoms with van der Waals surface area (Å²) < 4.78 is 5.06. The van der Waals surface area contributed by atoms with Crippen molar-refractivity contribution in [1.82, 2.24) is 4.90 Å². The van der Waals surface area contributed by atoms with Crippen molar-refractivity contribution in [2.45, 2.75) is 25.7 Å². The highest BCUT2D eigenvalue weighted by Gasteiger charge is 2.40. The zero-order valence-corrected chi connectivity index (χ0v) is 17.5. The fraction of sp³-hybridized carbons (Fsp3) is 0.286. The van der Waals surface area contributed by atoms with Crippen LogP contribution in [0.15, 0.2) is 36.4 Å². The first-order valence-electron chi connectivity index (χ1n) is 9.60. The van der Waals surface area contributed by atoms with Crippen molar-refractivity contribution in [2.75, 3.05) is 19.0 Å². The maximum absolute atomic E-state index is 12.5. The van der Waals surface area contributed by atoms with E-state index in [1.165, 1.54) is 25.3 Å². The number of unbranched alkanes of at least 4 members (excludes halogenated alkanes) is 2. The Kier molecular flexibility index (Phi) is 6.86. The number of carbonyl (C=O) groups is 3. The summed E-state index contributed by atoms with van der Waals surface area (Å²) in [5, 5.41) is 14.3. The van der Waals surface area contributed by atoms with Crippen LogP contribution in [0.3, 0.4) is 0 Å². The minimum absolute atomic E-state index is 0.0525. The Morgan fingerprint density at radius 1 is 1.16 bits per heavy atom. The molecular weight excluding hydrogens is 426 g/mol. The van der Waals surface area contributed by atoms with Crippen LogP contribution in [-0.2, 0) is 4.79 Å². The van der Waals surface area contributed by atoms with Crippen molar-refractivity contribution in [3.05, 3.63) is 62.7 Å². The van der Waals surface area contributed by atoms with Crippen molar-refractivity contribution in [1.29, 1.82) is 0 Å². The van der Waals surface area contributed by atoms with E-state index in [0.29, 0.717) is 35.7 Å². The van der Waals surface area contributed by atoms with Gasteiger partial charge in [-0.3, -0.25) is 29.4 Å². The number of methoxy groups -OCH3 is 1. The van der Waals surface area contributed by atoms with Gasteiger partial charge in [-0.25, -0.2) is 0 Å². The Bertz CT molecular complexity index is 1060. The minimum Gasteiger partial charge on any atom is -0.495 e. The second-order valence-electron chi connectivity index (χ2n) is 6.93. The molecule has 0 atom stereocenters. The number of nitrogens with one attached hydrogen (secondary N) is 1. The molecule has 1 aliphatic rings. The molecule has 0 saturated heterocycles. The SMILES string of the molecule is COc1ccc(NC(=O)CCCCCN2C(=O)c3cccc([N+](=O)[O-])c3C2=O)cc1Cl. The molecule has 0 saturated carbocycles. The zero-order valence-electron chi connectivity index (χ0n) is 16.7. The highest BCUT2D eigenvalue weighted by atomic mass is 35.5. The van der Waals surface area contributed by atoms with E-state index in [-0.39, 0.29) is 35.7 Å². The predicted molar refractivity (Wildman–Crippen MR) is 114 cm³/mol. The Labute approximate surface area is 183 Å². The lowest BCUT2D eigenvalue weighted by molar-refractivity contribution is -0.385. The zero-order chi connectivity index (χ0) is 22.5. The quantitative estimate of drug-likeness (QED) is 0.269. The van der Waals surface area contributed by atoms with Crippen LogP contribution in [-0.4, -0.2) is 41.2 Å². The fourth-order valence-electron chi connectivity index (χ4n) is 3.37. The maximum atomic E-state index is 12.5. The molecular formula is C21H20ClN3O6. The lowest BCUT2D eigenvalue weighted by atomic mass is 10.1. The Hall–Kier alpha value is -3.46. The third kappa shape index (κ3) is 4.83.